The van der Waals surface area contributed by atoms with Crippen molar-refractivity contribution in [2.45, 2.75) is 6.42 Å². The highest BCUT2D eigenvalue weighted by Crippen LogP contribution is 2.30. The third-order valence-corrected chi connectivity index (χ3v) is 3.39. The van der Waals surface area contributed by atoms with Crippen molar-refractivity contribution in [1.82, 2.24) is 0 Å². The van der Waals surface area contributed by atoms with Crippen molar-refractivity contribution in [1.29, 1.82) is 0 Å². The number of phenols is 2. The van der Waals surface area contributed by atoms with Gasteiger partial charge in [0, 0.05) is 18.2 Å². The Balaban J connectivity index is 2.07. The zero-order chi connectivity index (χ0) is 18.1. The number of benzene rings is 2. The van der Waals surface area contributed by atoms with Crippen LogP contribution in [-0.4, -0.2) is 28.3 Å². The van der Waals surface area contributed by atoms with Crippen LogP contribution in [-0.2, 0) is 14.4 Å². The Morgan fingerprint density at radius 2 is 1.88 bits per heavy atom. The first-order valence-corrected chi connectivity index (χ1v) is 7.00. The molecule has 0 amide bonds. The predicted molar refractivity (Wildman–Crippen MR) is 84.6 cm³/mol. The summed E-state index contributed by atoms with van der Waals surface area (Å²) in [6.45, 7) is 0. The number of ether oxygens (including phenoxy) is 1. The summed E-state index contributed by atoms with van der Waals surface area (Å²) >= 11 is 0. The minimum atomic E-state index is -0.935. The monoisotopic (exact) mass is 342 g/mol. The van der Waals surface area contributed by atoms with Gasteiger partial charge in [-0.05, 0) is 12.1 Å². The lowest BCUT2D eigenvalue weighted by molar-refractivity contribution is -0.140. The second kappa shape index (κ2) is 6.08. The molecule has 0 saturated carbocycles. The van der Waals surface area contributed by atoms with Crippen LogP contribution >= 0.6 is 0 Å². The zero-order valence-corrected chi connectivity index (χ0v) is 12.5. The maximum atomic E-state index is 12.4. The van der Waals surface area contributed by atoms with Crippen molar-refractivity contribution in [3.05, 3.63) is 40.6 Å². The Morgan fingerprint density at radius 3 is 2.60 bits per heavy atom. The number of rotatable bonds is 4. The molecule has 25 heavy (non-hydrogen) atoms. The number of esters is 1. The molecule has 0 radical (unpaired) electrons. The van der Waals surface area contributed by atoms with Gasteiger partial charge in [0.15, 0.2) is 6.29 Å². The van der Waals surface area contributed by atoms with E-state index in [1.54, 1.807) is 0 Å². The third kappa shape index (κ3) is 3.05. The molecule has 0 spiro atoms. The van der Waals surface area contributed by atoms with Gasteiger partial charge in [-0.25, -0.2) is 0 Å². The first-order valence-electron chi connectivity index (χ1n) is 7.00. The van der Waals surface area contributed by atoms with Gasteiger partial charge in [-0.3, -0.25) is 19.2 Å². The molecule has 8 heteroatoms. The Kier molecular flexibility index (Phi) is 3.94. The lowest BCUT2D eigenvalue weighted by Gasteiger charge is -2.06. The highest BCUT2D eigenvalue weighted by molar-refractivity contribution is 6.29. The van der Waals surface area contributed by atoms with Crippen LogP contribution in [0.1, 0.15) is 6.42 Å². The fourth-order valence-electron chi connectivity index (χ4n) is 2.34. The molecule has 0 unspecified atom stereocenters. The average molecular weight is 342 g/mol. The summed E-state index contributed by atoms with van der Waals surface area (Å²) in [5.74, 6) is -2.57. The van der Waals surface area contributed by atoms with Crippen molar-refractivity contribution in [3.8, 4) is 17.2 Å². The molecule has 0 saturated heterocycles. The van der Waals surface area contributed by atoms with Gasteiger partial charge >= 0.3 is 5.97 Å². The van der Waals surface area contributed by atoms with Gasteiger partial charge in [-0.15, -0.1) is 0 Å². The van der Waals surface area contributed by atoms with Crippen molar-refractivity contribution >= 4 is 40.0 Å². The number of aromatic hydroxyl groups is 2. The minimum Gasteiger partial charge on any atom is -0.508 e. The third-order valence-electron chi connectivity index (χ3n) is 3.39. The van der Waals surface area contributed by atoms with E-state index in [1.165, 1.54) is 18.2 Å². The summed E-state index contributed by atoms with van der Waals surface area (Å²) in [6.07, 6.45) is -0.684. The summed E-state index contributed by atoms with van der Waals surface area (Å²) in [7, 11) is 0. The molecular formula is C17H10O8. The second-order valence-corrected chi connectivity index (χ2v) is 5.16. The quantitative estimate of drug-likeness (QED) is 0.182. The molecule has 3 rings (SSSR count). The molecule has 0 aliphatic carbocycles. The summed E-state index contributed by atoms with van der Waals surface area (Å²) in [4.78, 5) is 45.1. The molecule has 3 aromatic rings. The molecule has 2 N–H and O–H groups in total. The molecule has 0 atom stereocenters. The first-order chi connectivity index (χ1) is 11.9. The van der Waals surface area contributed by atoms with E-state index in [1.807, 2.05) is 0 Å². The van der Waals surface area contributed by atoms with E-state index >= 15 is 0 Å². The Labute approximate surface area is 138 Å². The molecule has 126 valence electrons. The van der Waals surface area contributed by atoms with Crippen LogP contribution in [0.4, 0.5) is 0 Å². The van der Waals surface area contributed by atoms with Gasteiger partial charge in [-0.1, -0.05) is 0 Å². The molecule has 8 nitrogen and oxygen atoms in total. The van der Waals surface area contributed by atoms with Crippen molar-refractivity contribution in [2.75, 3.05) is 0 Å². The predicted octanol–water partition coefficient (Wildman–Crippen LogP) is 1.42. The van der Waals surface area contributed by atoms with Crippen LogP contribution in [0.5, 0.6) is 17.2 Å². The van der Waals surface area contributed by atoms with Gasteiger partial charge in [0.25, 0.3) is 0 Å². The summed E-state index contributed by atoms with van der Waals surface area (Å²) in [5.41, 5.74) is -0.521. The van der Waals surface area contributed by atoms with E-state index in [4.69, 9.17) is 9.15 Å². The van der Waals surface area contributed by atoms with Gasteiger partial charge in [0.1, 0.15) is 40.2 Å². The van der Waals surface area contributed by atoms with Crippen LogP contribution < -0.4 is 10.2 Å². The van der Waals surface area contributed by atoms with Gasteiger partial charge in [0.2, 0.25) is 11.2 Å². The SMILES string of the molecule is O=CC(=O)CC(=O)Oc1ccc2c(=O)c3c(O)cc(O)cc3oc2c1. The zero-order valence-electron chi connectivity index (χ0n) is 12.5. The second-order valence-electron chi connectivity index (χ2n) is 5.16. The van der Waals surface area contributed by atoms with E-state index < -0.39 is 29.4 Å². The Hall–Kier alpha value is -3.68. The fourth-order valence-corrected chi connectivity index (χ4v) is 2.34. The summed E-state index contributed by atoms with van der Waals surface area (Å²) < 4.78 is 10.4. The fraction of sp³-hybridized carbons (Fsp3) is 0.0588. The maximum Gasteiger partial charge on any atom is 0.319 e. The maximum absolute atomic E-state index is 12.4. The Morgan fingerprint density at radius 1 is 1.12 bits per heavy atom. The number of Topliss-reactive ketones (excluding diaryl/α,β-unsaturated/α-hetero) is 1. The Bertz CT molecular complexity index is 1090. The largest absolute Gasteiger partial charge is 0.508 e. The van der Waals surface area contributed by atoms with Crippen molar-refractivity contribution < 1.29 is 33.8 Å². The number of hydrogen-bond acceptors (Lipinski definition) is 8. The van der Waals surface area contributed by atoms with Crippen LogP contribution in [0.3, 0.4) is 0 Å². The van der Waals surface area contributed by atoms with E-state index in [2.05, 4.69) is 0 Å². The lowest BCUT2D eigenvalue weighted by atomic mass is 10.1. The van der Waals surface area contributed by atoms with Crippen LogP contribution in [0.15, 0.2) is 39.5 Å². The van der Waals surface area contributed by atoms with E-state index in [0.29, 0.717) is 0 Å². The molecule has 1 heterocycles. The van der Waals surface area contributed by atoms with Crippen molar-refractivity contribution in [3.63, 3.8) is 0 Å². The number of carbonyl (C=O) groups excluding carboxylic acids is 3. The number of phenolic OH excluding ortho intramolecular Hbond substituents is 2. The number of ketones is 1. The molecule has 0 fully saturated rings. The number of aldehydes is 1. The van der Waals surface area contributed by atoms with Crippen LogP contribution in [0.25, 0.3) is 21.9 Å². The summed E-state index contributed by atoms with van der Waals surface area (Å²) in [6, 6.07) is 6.08. The molecule has 0 aliphatic heterocycles. The molecule has 2 aromatic carbocycles. The molecule has 1 aromatic heterocycles. The molecule has 0 bridgehead atoms. The van der Waals surface area contributed by atoms with Gasteiger partial charge in [0.05, 0.1) is 5.39 Å². The topological polar surface area (TPSA) is 131 Å². The standard InChI is InChI=1S/C17H10O8/c18-7-9(20)5-15(22)24-10-1-2-11-13(6-10)25-14-4-8(19)3-12(21)16(14)17(11)23/h1-4,6-7,19,21H,5H2. The minimum absolute atomic E-state index is 0.00285. The van der Waals surface area contributed by atoms with E-state index in [9.17, 15) is 29.4 Å². The van der Waals surface area contributed by atoms with E-state index in [-0.39, 0.29) is 39.7 Å². The number of carbonyl (C=O) groups is 3. The van der Waals surface area contributed by atoms with Gasteiger partial charge in [-0.2, -0.15) is 0 Å². The molecular weight excluding hydrogens is 332 g/mol. The van der Waals surface area contributed by atoms with Crippen LogP contribution in [0, 0.1) is 0 Å². The highest BCUT2D eigenvalue weighted by Gasteiger charge is 2.15. The number of fused-ring (bicyclic) bond motifs is 2. The summed E-state index contributed by atoms with van der Waals surface area (Å²) in [5, 5.41) is 19.4. The van der Waals surface area contributed by atoms with E-state index in [0.717, 1.165) is 12.1 Å². The number of hydrogen-bond donors (Lipinski definition) is 2. The lowest BCUT2D eigenvalue weighted by Crippen LogP contribution is -2.14. The van der Waals surface area contributed by atoms with Crippen LogP contribution in [0.2, 0.25) is 0 Å². The van der Waals surface area contributed by atoms with Gasteiger partial charge < -0.3 is 19.4 Å². The first kappa shape index (κ1) is 16.2. The molecule has 0 aliphatic rings. The normalized spacial score (nSPS) is 10.7. The average Bonchev–Trinajstić information content (AvgIpc) is 2.53. The highest BCUT2D eigenvalue weighted by atomic mass is 16.5. The van der Waals surface area contributed by atoms with Crippen molar-refractivity contribution in [2.24, 2.45) is 0 Å². The smallest absolute Gasteiger partial charge is 0.319 e.